The summed E-state index contributed by atoms with van der Waals surface area (Å²) in [5.41, 5.74) is 0. The molecule has 1 saturated heterocycles. The van der Waals surface area contributed by atoms with E-state index < -0.39 is 0 Å². The molecule has 0 radical (unpaired) electrons. The summed E-state index contributed by atoms with van der Waals surface area (Å²) in [6.07, 6.45) is 2.41. The van der Waals surface area contributed by atoms with Gasteiger partial charge in [0.15, 0.2) is 0 Å². The molecule has 0 aromatic heterocycles. The molecule has 1 fully saturated rings. The highest BCUT2D eigenvalue weighted by molar-refractivity contribution is 7.99. The Bertz CT molecular complexity index is 118. The highest BCUT2D eigenvalue weighted by Gasteiger charge is 2.15. The fraction of sp³-hybridized carbons (Fsp3) is 1.00. The lowest BCUT2D eigenvalue weighted by Crippen LogP contribution is -2.15. The minimum absolute atomic E-state index is 0.332. The summed E-state index contributed by atoms with van der Waals surface area (Å²) >= 11 is 7.18. The quantitative estimate of drug-likeness (QED) is 0.698. The fourth-order valence-electron chi connectivity index (χ4n) is 1.16. The van der Waals surface area contributed by atoms with Gasteiger partial charge >= 0.3 is 0 Å². The Morgan fingerprint density at radius 2 is 2.50 bits per heavy atom. The van der Waals surface area contributed by atoms with E-state index in [0.717, 1.165) is 18.1 Å². The molecule has 72 valence electrons. The highest BCUT2D eigenvalue weighted by Crippen LogP contribution is 2.17. The minimum atomic E-state index is -0.363. The maximum Gasteiger partial charge on any atom is 0.0765 e. The Morgan fingerprint density at radius 1 is 1.67 bits per heavy atom. The van der Waals surface area contributed by atoms with Gasteiger partial charge in [-0.2, -0.15) is 11.8 Å². The van der Waals surface area contributed by atoms with Crippen molar-refractivity contribution in [1.29, 1.82) is 0 Å². The molecule has 0 aromatic carbocycles. The SMILES string of the molecule is OC(CCl)CSCC1CCCO1. The maximum absolute atomic E-state index is 9.14. The van der Waals surface area contributed by atoms with Crippen LogP contribution in [0.2, 0.25) is 0 Å². The number of rotatable bonds is 5. The van der Waals surface area contributed by atoms with E-state index in [2.05, 4.69) is 0 Å². The van der Waals surface area contributed by atoms with Crippen molar-refractivity contribution < 1.29 is 9.84 Å². The van der Waals surface area contributed by atoms with Gasteiger partial charge in [-0.1, -0.05) is 0 Å². The van der Waals surface area contributed by atoms with Gasteiger partial charge in [-0.15, -0.1) is 11.6 Å². The monoisotopic (exact) mass is 210 g/mol. The molecule has 0 amide bonds. The summed E-state index contributed by atoms with van der Waals surface area (Å²) in [6.45, 7) is 0.906. The molecule has 0 saturated carbocycles. The van der Waals surface area contributed by atoms with E-state index in [1.54, 1.807) is 11.8 Å². The van der Waals surface area contributed by atoms with Gasteiger partial charge < -0.3 is 9.84 Å². The average molecular weight is 211 g/mol. The second-order valence-corrected chi connectivity index (χ2v) is 4.36. The Morgan fingerprint density at radius 3 is 3.08 bits per heavy atom. The van der Waals surface area contributed by atoms with Crippen molar-refractivity contribution in [1.82, 2.24) is 0 Å². The molecule has 4 heteroatoms. The molecule has 1 N–H and O–H groups in total. The lowest BCUT2D eigenvalue weighted by atomic mass is 10.3. The van der Waals surface area contributed by atoms with Gasteiger partial charge in [0.1, 0.15) is 0 Å². The lowest BCUT2D eigenvalue weighted by molar-refractivity contribution is 0.128. The summed E-state index contributed by atoms with van der Waals surface area (Å²) in [5.74, 6) is 2.05. The summed E-state index contributed by atoms with van der Waals surface area (Å²) in [5, 5.41) is 9.14. The maximum atomic E-state index is 9.14. The number of aliphatic hydroxyl groups excluding tert-OH is 1. The molecule has 1 aliphatic heterocycles. The Balaban J connectivity index is 1.94. The third kappa shape index (κ3) is 3.99. The van der Waals surface area contributed by atoms with Crippen molar-refractivity contribution in [3.05, 3.63) is 0 Å². The van der Waals surface area contributed by atoms with Crippen LogP contribution in [0.3, 0.4) is 0 Å². The average Bonchev–Trinajstić information content (AvgIpc) is 2.57. The molecule has 0 aliphatic carbocycles. The number of alkyl halides is 1. The number of aliphatic hydroxyl groups is 1. The summed E-state index contributed by atoms with van der Waals surface area (Å²) in [7, 11) is 0. The van der Waals surface area contributed by atoms with Crippen LogP contribution in [0.4, 0.5) is 0 Å². The largest absolute Gasteiger partial charge is 0.391 e. The molecule has 0 bridgehead atoms. The first-order chi connectivity index (χ1) is 5.83. The number of thioether (sulfide) groups is 1. The van der Waals surface area contributed by atoms with Crippen molar-refractivity contribution >= 4 is 23.4 Å². The van der Waals surface area contributed by atoms with Crippen LogP contribution < -0.4 is 0 Å². The van der Waals surface area contributed by atoms with Crippen LogP contribution in [0, 0.1) is 0 Å². The molecule has 1 rings (SSSR count). The van der Waals surface area contributed by atoms with Crippen molar-refractivity contribution in [2.24, 2.45) is 0 Å². The predicted molar refractivity (Wildman–Crippen MR) is 53.0 cm³/mol. The van der Waals surface area contributed by atoms with Crippen LogP contribution in [0.1, 0.15) is 12.8 Å². The second kappa shape index (κ2) is 6.08. The second-order valence-electron chi connectivity index (χ2n) is 2.98. The first-order valence-electron chi connectivity index (χ1n) is 4.26. The molecule has 2 atom stereocenters. The molecule has 1 heterocycles. The Labute approximate surface area is 82.6 Å². The van der Waals surface area contributed by atoms with Gasteiger partial charge in [-0.05, 0) is 12.8 Å². The van der Waals surface area contributed by atoms with Gasteiger partial charge in [-0.25, -0.2) is 0 Å². The Hall–Kier alpha value is 0.560. The van der Waals surface area contributed by atoms with E-state index in [1.807, 2.05) is 0 Å². The predicted octanol–water partition coefficient (Wildman–Crippen LogP) is 1.50. The molecule has 0 spiro atoms. The van der Waals surface area contributed by atoms with Crippen LogP contribution in [0.25, 0.3) is 0 Å². The first-order valence-corrected chi connectivity index (χ1v) is 5.95. The van der Waals surface area contributed by atoms with Crippen molar-refractivity contribution in [3.63, 3.8) is 0 Å². The molecule has 2 nitrogen and oxygen atoms in total. The zero-order valence-electron chi connectivity index (χ0n) is 7.04. The third-order valence-corrected chi connectivity index (χ3v) is 3.40. The van der Waals surface area contributed by atoms with E-state index in [0.29, 0.717) is 12.0 Å². The summed E-state index contributed by atoms with van der Waals surface area (Å²) < 4.78 is 5.43. The van der Waals surface area contributed by atoms with Crippen LogP contribution in [-0.4, -0.2) is 41.3 Å². The number of hydrogen-bond donors (Lipinski definition) is 1. The molecule has 1 aliphatic rings. The molecule has 2 unspecified atom stereocenters. The molecule has 12 heavy (non-hydrogen) atoms. The fourth-order valence-corrected chi connectivity index (χ4v) is 2.45. The number of ether oxygens (including phenoxy) is 1. The molecular weight excluding hydrogens is 196 g/mol. The molecule has 0 aromatic rings. The van der Waals surface area contributed by atoms with Crippen molar-refractivity contribution in [2.75, 3.05) is 24.0 Å². The van der Waals surface area contributed by atoms with Gasteiger partial charge in [0.25, 0.3) is 0 Å². The lowest BCUT2D eigenvalue weighted by Gasteiger charge is -2.10. The number of halogens is 1. The summed E-state index contributed by atoms with van der Waals surface area (Å²) in [6, 6.07) is 0. The van der Waals surface area contributed by atoms with E-state index in [1.165, 1.54) is 12.8 Å². The molecular formula is C8H15ClO2S. The topological polar surface area (TPSA) is 29.5 Å². The van der Waals surface area contributed by atoms with Gasteiger partial charge in [0, 0.05) is 24.0 Å². The van der Waals surface area contributed by atoms with Crippen LogP contribution in [0.15, 0.2) is 0 Å². The smallest absolute Gasteiger partial charge is 0.0765 e. The van der Waals surface area contributed by atoms with E-state index in [4.69, 9.17) is 21.4 Å². The zero-order valence-corrected chi connectivity index (χ0v) is 8.61. The van der Waals surface area contributed by atoms with Crippen molar-refractivity contribution in [2.45, 2.75) is 25.0 Å². The van der Waals surface area contributed by atoms with Crippen LogP contribution >= 0.6 is 23.4 Å². The normalized spacial score (nSPS) is 26.0. The van der Waals surface area contributed by atoms with E-state index >= 15 is 0 Å². The van der Waals surface area contributed by atoms with Crippen molar-refractivity contribution in [3.8, 4) is 0 Å². The number of hydrogen-bond acceptors (Lipinski definition) is 3. The third-order valence-electron chi connectivity index (χ3n) is 1.82. The Kier molecular flexibility index (Phi) is 5.39. The minimum Gasteiger partial charge on any atom is -0.391 e. The van der Waals surface area contributed by atoms with Gasteiger partial charge in [-0.3, -0.25) is 0 Å². The van der Waals surface area contributed by atoms with E-state index in [9.17, 15) is 0 Å². The van der Waals surface area contributed by atoms with Gasteiger partial charge in [0.2, 0.25) is 0 Å². The first kappa shape index (κ1) is 10.6. The summed E-state index contributed by atoms with van der Waals surface area (Å²) in [4.78, 5) is 0. The van der Waals surface area contributed by atoms with Crippen LogP contribution in [0.5, 0.6) is 0 Å². The van der Waals surface area contributed by atoms with Crippen LogP contribution in [-0.2, 0) is 4.74 Å². The zero-order chi connectivity index (χ0) is 8.81. The van der Waals surface area contributed by atoms with Gasteiger partial charge in [0.05, 0.1) is 12.2 Å². The standard InChI is InChI=1S/C8H15ClO2S/c9-4-7(10)5-12-6-8-2-1-3-11-8/h7-8,10H,1-6H2. The van der Waals surface area contributed by atoms with E-state index in [-0.39, 0.29) is 6.10 Å². The highest BCUT2D eigenvalue weighted by atomic mass is 35.5.